The van der Waals surface area contributed by atoms with Crippen molar-refractivity contribution in [1.82, 2.24) is 4.90 Å². The van der Waals surface area contributed by atoms with Crippen molar-refractivity contribution in [2.75, 3.05) is 13.2 Å². The Balaban J connectivity index is 2.45. The lowest BCUT2D eigenvalue weighted by Crippen LogP contribution is -2.47. The summed E-state index contributed by atoms with van der Waals surface area (Å²) in [5.41, 5.74) is 6.20. The fourth-order valence-electron chi connectivity index (χ4n) is 2.52. The molecule has 3 N–H and O–H groups in total. The molecule has 1 saturated carbocycles. The third kappa shape index (κ3) is 4.94. The molecule has 4 heteroatoms. The number of nitrogens with two attached hydrogens (primary N) is 1. The van der Waals surface area contributed by atoms with Crippen molar-refractivity contribution in [1.29, 1.82) is 0 Å². The van der Waals surface area contributed by atoms with Gasteiger partial charge in [0, 0.05) is 25.0 Å². The van der Waals surface area contributed by atoms with E-state index in [-0.39, 0.29) is 24.0 Å². The van der Waals surface area contributed by atoms with E-state index in [9.17, 15) is 4.79 Å². The highest BCUT2D eigenvalue weighted by Crippen LogP contribution is 2.26. The van der Waals surface area contributed by atoms with Gasteiger partial charge in [0.15, 0.2) is 0 Å². The minimum atomic E-state index is -0.0845. The molecule has 4 nitrogen and oxygen atoms in total. The average molecular weight is 256 g/mol. The number of rotatable bonds is 6. The molecule has 0 spiro atoms. The largest absolute Gasteiger partial charge is 0.395 e. The fraction of sp³-hybridized carbons (Fsp3) is 0.929. The molecule has 1 fully saturated rings. The molecule has 18 heavy (non-hydrogen) atoms. The first-order valence-electron chi connectivity index (χ1n) is 6.99. The second-order valence-corrected chi connectivity index (χ2v) is 6.62. The second kappa shape index (κ2) is 6.53. The Morgan fingerprint density at radius 2 is 2.06 bits per heavy atom. The minimum Gasteiger partial charge on any atom is -0.395 e. The monoisotopic (exact) mass is 256 g/mol. The van der Waals surface area contributed by atoms with Crippen LogP contribution in [0.25, 0.3) is 0 Å². The van der Waals surface area contributed by atoms with Crippen molar-refractivity contribution in [3.05, 3.63) is 0 Å². The molecular weight excluding hydrogens is 228 g/mol. The number of carbonyl (C=O) groups is 1. The SMILES string of the molecule is CC(C)(C)CC(N)CC(=O)N(CCO)C1CCC1. The zero-order chi connectivity index (χ0) is 13.8. The normalized spacial score (nSPS) is 18.3. The van der Waals surface area contributed by atoms with Crippen LogP contribution in [0.4, 0.5) is 0 Å². The van der Waals surface area contributed by atoms with Crippen LogP contribution in [0.15, 0.2) is 0 Å². The van der Waals surface area contributed by atoms with Crippen LogP contribution in [0.3, 0.4) is 0 Å². The first-order valence-corrected chi connectivity index (χ1v) is 6.99. The highest BCUT2D eigenvalue weighted by Gasteiger charge is 2.29. The van der Waals surface area contributed by atoms with Crippen molar-refractivity contribution in [2.45, 2.75) is 65.0 Å². The molecule has 0 aliphatic heterocycles. The highest BCUT2D eigenvalue weighted by molar-refractivity contribution is 5.77. The van der Waals surface area contributed by atoms with Gasteiger partial charge < -0.3 is 15.7 Å². The van der Waals surface area contributed by atoms with Gasteiger partial charge in [-0.3, -0.25) is 4.79 Å². The summed E-state index contributed by atoms with van der Waals surface area (Å²) in [7, 11) is 0. The van der Waals surface area contributed by atoms with Gasteiger partial charge >= 0.3 is 0 Å². The van der Waals surface area contributed by atoms with Gasteiger partial charge in [0.25, 0.3) is 0 Å². The van der Waals surface area contributed by atoms with E-state index in [1.165, 1.54) is 6.42 Å². The third-order valence-corrected chi connectivity index (χ3v) is 3.49. The summed E-state index contributed by atoms with van der Waals surface area (Å²) < 4.78 is 0. The van der Waals surface area contributed by atoms with E-state index in [0.29, 0.717) is 19.0 Å². The predicted molar refractivity (Wildman–Crippen MR) is 73.1 cm³/mol. The summed E-state index contributed by atoms with van der Waals surface area (Å²) in [6.07, 6.45) is 4.57. The number of carbonyl (C=O) groups excluding carboxylic acids is 1. The highest BCUT2D eigenvalue weighted by atomic mass is 16.3. The Labute approximate surface area is 111 Å². The van der Waals surface area contributed by atoms with Gasteiger partial charge in [-0.05, 0) is 31.1 Å². The molecular formula is C14H28N2O2. The maximum Gasteiger partial charge on any atom is 0.224 e. The van der Waals surface area contributed by atoms with Crippen molar-refractivity contribution in [3.8, 4) is 0 Å². The number of hydrogen-bond acceptors (Lipinski definition) is 3. The quantitative estimate of drug-likeness (QED) is 0.757. The van der Waals surface area contributed by atoms with Crippen LogP contribution in [0, 0.1) is 5.41 Å². The zero-order valence-corrected chi connectivity index (χ0v) is 12.0. The number of aliphatic hydroxyl groups is 1. The molecule has 1 rings (SSSR count). The summed E-state index contributed by atoms with van der Waals surface area (Å²) in [6.45, 7) is 6.89. The van der Waals surface area contributed by atoms with Gasteiger partial charge in [-0.1, -0.05) is 20.8 Å². The first kappa shape index (κ1) is 15.4. The maximum atomic E-state index is 12.2. The Hall–Kier alpha value is -0.610. The Morgan fingerprint density at radius 1 is 1.44 bits per heavy atom. The lowest BCUT2D eigenvalue weighted by atomic mass is 9.86. The van der Waals surface area contributed by atoms with Gasteiger partial charge in [0.1, 0.15) is 0 Å². The Morgan fingerprint density at radius 3 is 2.44 bits per heavy atom. The number of nitrogens with zero attached hydrogens (tertiary/aromatic N) is 1. The molecule has 106 valence electrons. The Kier molecular flexibility index (Phi) is 5.60. The van der Waals surface area contributed by atoms with Crippen LogP contribution < -0.4 is 5.73 Å². The van der Waals surface area contributed by atoms with Crippen LogP contribution in [0.5, 0.6) is 0 Å². The molecule has 0 aromatic carbocycles. The smallest absolute Gasteiger partial charge is 0.224 e. The zero-order valence-electron chi connectivity index (χ0n) is 12.0. The van der Waals surface area contributed by atoms with Crippen LogP contribution in [0.1, 0.15) is 52.9 Å². The van der Waals surface area contributed by atoms with Gasteiger partial charge in [0.2, 0.25) is 5.91 Å². The minimum absolute atomic E-state index is 0.0384. The number of hydrogen-bond donors (Lipinski definition) is 2. The molecule has 0 heterocycles. The maximum absolute atomic E-state index is 12.2. The second-order valence-electron chi connectivity index (χ2n) is 6.62. The van der Waals surface area contributed by atoms with E-state index in [1.54, 1.807) is 0 Å². The lowest BCUT2D eigenvalue weighted by molar-refractivity contribution is -0.136. The molecule has 0 aromatic heterocycles. The summed E-state index contributed by atoms with van der Waals surface area (Å²) in [5, 5.41) is 9.05. The number of amides is 1. The van der Waals surface area contributed by atoms with E-state index in [0.717, 1.165) is 19.3 Å². The van der Waals surface area contributed by atoms with Crippen molar-refractivity contribution < 1.29 is 9.90 Å². The molecule has 1 atom stereocenters. The molecule has 1 amide bonds. The molecule has 0 radical (unpaired) electrons. The van der Waals surface area contributed by atoms with Gasteiger partial charge in [0.05, 0.1) is 6.61 Å². The van der Waals surface area contributed by atoms with Gasteiger partial charge in [-0.25, -0.2) is 0 Å². The molecule has 0 aromatic rings. The van der Waals surface area contributed by atoms with Crippen molar-refractivity contribution in [2.24, 2.45) is 11.1 Å². The van der Waals surface area contributed by atoms with E-state index in [1.807, 2.05) is 4.90 Å². The van der Waals surface area contributed by atoms with E-state index >= 15 is 0 Å². The standard InChI is InChI=1S/C14H28N2O2/c1-14(2,3)10-11(15)9-13(18)16(7-8-17)12-5-4-6-12/h11-12,17H,4-10,15H2,1-3H3. The van der Waals surface area contributed by atoms with Gasteiger partial charge in [-0.15, -0.1) is 0 Å². The molecule has 1 aliphatic carbocycles. The molecule has 1 unspecified atom stereocenters. The molecule has 0 bridgehead atoms. The average Bonchev–Trinajstić information content (AvgIpc) is 2.10. The third-order valence-electron chi connectivity index (χ3n) is 3.49. The predicted octanol–water partition coefficient (Wildman–Crippen LogP) is 1.51. The van der Waals surface area contributed by atoms with Crippen LogP contribution in [-0.4, -0.2) is 41.1 Å². The summed E-state index contributed by atoms with van der Waals surface area (Å²) in [4.78, 5) is 14.0. The van der Waals surface area contributed by atoms with Crippen molar-refractivity contribution >= 4 is 5.91 Å². The Bertz CT molecular complexity index is 269. The first-order chi connectivity index (χ1) is 8.33. The molecule has 1 aliphatic rings. The number of aliphatic hydroxyl groups excluding tert-OH is 1. The van der Waals surface area contributed by atoms with Crippen LogP contribution in [0.2, 0.25) is 0 Å². The summed E-state index contributed by atoms with van der Waals surface area (Å²) >= 11 is 0. The van der Waals surface area contributed by atoms with Crippen LogP contribution in [-0.2, 0) is 4.79 Å². The summed E-state index contributed by atoms with van der Waals surface area (Å²) in [6, 6.07) is 0.255. The van der Waals surface area contributed by atoms with Crippen LogP contribution >= 0.6 is 0 Å². The topological polar surface area (TPSA) is 66.6 Å². The lowest BCUT2D eigenvalue weighted by Gasteiger charge is -2.38. The fourth-order valence-corrected chi connectivity index (χ4v) is 2.52. The van der Waals surface area contributed by atoms with Crippen molar-refractivity contribution in [3.63, 3.8) is 0 Å². The van der Waals surface area contributed by atoms with E-state index in [2.05, 4.69) is 20.8 Å². The van der Waals surface area contributed by atoms with E-state index in [4.69, 9.17) is 10.8 Å². The van der Waals surface area contributed by atoms with Gasteiger partial charge in [-0.2, -0.15) is 0 Å². The van der Waals surface area contributed by atoms with E-state index < -0.39 is 0 Å². The summed E-state index contributed by atoms with van der Waals surface area (Å²) in [5.74, 6) is 0.102. The molecule has 0 saturated heterocycles.